The molecule has 0 N–H and O–H groups in total. The summed E-state index contributed by atoms with van der Waals surface area (Å²) in [5.74, 6) is 0. The van der Waals surface area contributed by atoms with E-state index in [0.717, 1.165) is 0 Å². The van der Waals surface area contributed by atoms with Crippen molar-refractivity contribution in [3.63, 3.8) is 0 Å². The molecular formula is C7H17FeNO4. The predicted octanol–water partition coefficient (Wildman–Crippen LogP) is -0.564. The number of carbonyl (C=O) groups is 4. The first kappa shape index (κ1) is 39.9. The molecular weight excluding hydrogens is 218 g/mol. The van der Waals surface area contributed by atoms with Gasteiger partial charge in [-0.2, -0.15) is 0 Å². The molecule has 0 aromatic rings. The topological polar surface area (TPSA) is 71.5 Å². The molecule has 0 aliphatic rings. The molecule has 0 aliphatic heterocycles. The Bertz CT molecular complexity index is 47.0. The van der Waals surface area contributed by atoms with Crippen LogP contribution in [0.3, 0.4) is 0 Å². The summed E-state index contributed by atoms with van der Waals surface area (Å²) in [5.41, 5.74) is 0. The van der Waals surface area contributed by atoms with E-state index in [1.165, 1.54) is 0 Å². The Morgan fingerprint density at radius 1 is 0.615 bits per heavy atom. The van der Waals surface area contributed by atoms with Gasteiger partial charge >= 0.3 is 0 Å². The third-order valence-electron chi connectivity index (χ3n) is 0. The zero-order chi connectivity index (χ0) is 11.6. The molecule has 0 aromatic heterocycles. The summed E-state index contributed by atoms with van der Waals surface area (Å²) in [4.78, 5) is 34.0. The van der Waals surface area contributed by atoms with Crippen LogP contribution in [-0.4, -0.2) is 53.2 Å². The van der Waals surface area contributed by atoms with E-state index in [9.17, 15) is 0 Å². The van der Waals surface area contributed by atoms with Crippen LogP contribution in [0.5, 0.6) is 0 Å². The monoisotopic (exact) mass is 235 g/mol. The Hall–Kier alpha value is -0.841. The molecule has 82 valence electrons. The SMILES string of the molecule is C=O.C=O.C=O.C=O.CN(C)C.[Fe]. The third kappa shape index (κ3) is 1330. The van der Waals surface area contributed by atoms with Gasteiger partial charge < -0.3 is 24.1 Å². The maximum Gasteiger partial charge on any atom is 0.106 e. The maximum atomic E-state index is 8.00. The predicted molar refractivity (Wildman–Crippen MR) is 48.1 cm³/mol. The summed E-state index contributed by atoms with van der Waals surface area (Å²) in [5, 5.41) is 0. The van der Waals surface area contributed by atoms with Crippen molar-refractivity contribution in [3.8, 4) is 0 Å². The van der Waals surface area contributed by atoms with E-state index in [-0.39, 0.29) is 17.1 Å². The Morgan fingerprint density at radius 2 is 0.615 bits per heavy atom. The zero-order valence-corrected chi connectivity index (χ0v) is 9.37. The fraction of sp³-hybridized carbons (Fsp3) is 0.429. The van der Waals surface area contributed by atoms with Crippen LogP contribution in [0, 0.1) is 0 Å². The number of hydrogen-bond acceptors (Lipinski definition) is 5. The minimum absolute atomic E-state index is 0. The summed E-state index contributed by atoms with van der Waals surface area (Å²) >= 11 is 0. The van der Waals surface area contributed by atoms with Gasteiger partial charge in [0.1, 0.15) is 27.2 Å². The fourth-order valence-corrected chi connectivity index (χ4v) is 0. The van der Waals surface area contributed by atoms with Crippen molar-refractivity contribution in [2.24, 2.45) is 0 Å². The van der Waals surface area contributed by atoms with Crippen LogP contribution in [0.1, 0.15) is 0 Å². The van der Waals surface area contributed by atoms with Crippen molar-refractivity contribution in [3.05, 3.63) is 0 Å². The Morgan fingerprint density at radius 3 is 0.615 bits per heavy atom. The Balaban J connectivity index is -0.0000000122. The molecule has 0 heterocycles. The van der Waals surface area contributed by atoms with Crippen LogP contribution in [0.2, 0.25) is 0 Å². The Labute approximate surface area is 90.0 Å². The van der Waals surface area contributed by atoms with E-state index in [4.69, 9.17) is 19.2 Å². The van der Waals surface area contributed by atoms with Gasteiger partial charge in [-0.1, -0.05) is 0 Å². The summed E-state index contributed by atoms with van der Waals surface area (Å²) in [7, 11) is 6.00. The van der Waals surface area contributed by atoms with E-state index in [1.54, 1.807) is 0 Å². The van der Waals surface area contributed by atoms with E-state index >= 15 is 0 Å². The van der Waals surface area contributed by atoms with Crippen LogP contribution >= 0.6 is 0 Å². The average Bonchev–Trinajstić information content (AvgIpc) is 2.16. The number of carbonyl (C=O) groups excluding carboxylic acids is 4. The zero-order valence-electron chi connectivity index (χ0n) is 8.26. The van der Waals surface area contributed by atoms with Crippen molar-refractivity contribution < 1.29 is 36.2 Å². The summed E-state index contributed by atoms with van der Waals surface area (Å²) < 4.78 is 0. The first-order valence-electron chi connectivity index (χ1n) is 2.50. The normalized spacial score (nSPS) is 4.00. The minimum atomic E-state index is 0. The van der Waals surface area contributed by atoms with Crippen LogP contribution < -0.4 is 0 Å². The van der Waals surface area contributed by atoms with Crippen molar-refractivity contribution in [1.82, 2.24) is 4.90 Å². The first-order chi connectivity index (χ1) is 5.73. The molecule has 0 spiro atoms. The fourth-order valence-electron chi connectivity index (χ4n) is 0. The molecule has 0 fully saturated rings. The molecule has 6 heteroatoms. The van der Waals surface area contributed by atoms with E-state index in [0.29, 0.717) is 0 Å². The number of hydrogen-bond donors (Lipinski definition) is 0. The van der Waals surface area contributed by atoms with E-state index in [2.05, 4.69) is 0 Å². The van der Waals surface area contributed by atoms with Gasteiger partial charge in [0.25, 0.3) is 0 Å². The summed E-state index contributed by atoms with van der Waals surface area (Å²) in [6.45, 7) is 8.00. The standard InChI is InChI=1S/C3H9N.4CH2O.Fe/c1-4(2)3;4*1-2;/h1-3H3;4*1H2;. The van der Waals surface area contributed by atoms with Gasteiger partial charge in [-0.25, -0.2) is 0 Å². The molecule has 0 saturated carbocycles. The van der Waals surface area contributed by atoms with Crippen molar-refractivity contribution in [1.29, 1.82) is 0 Å². The van der Waals surface area contributed by atoms with Crippen molar-refractivity contribution in [2.45, 2.75) is 0 Å². The molecule has 0 rings (SSSR count). The molecule has 0 bridgehead atoms. The van der Waals surface area contributed by atoms with Gasteiger partial charge in [-0.05, 0) is 21.1 Å². The van der Waals surface area contributed by atoms with Crippen LogP contribution in [0.25, 0.3) is 0 Å². The maximum absolute atomic E-state index is 8.00. The molecule has 0 atom stereocenters. The van der Waals surface area contributed by atoms with Gasteiger partial charge in [0, 0.05) is 17.1 Å². The number of rotatable bonds is 0. The van der Waals surface area contributed by atoms with Gasteiger partial charge in [-0.3, -0.25) is 0 Å². The van der Waals surface area contributed by atoms with E-state index in [1.807, 2.05) is 53.2 Å². The molecule has 0 amide bonds. The second kappa shape index (κ2) is 247. The van der Waals surface area contributed by atoms with Crippen molar-refractivity contribution >= 4 is 27.2 Å². The van der Waals surface area contributed by atoms with Gasteiger partial charge in [0.15, 0.2) is 0 Å². The number of nitrogens with zero attached hydrogens (tertiary/aromatic N) is 1. The molecule has 0 radical (unpaired) electrons. The second-order valence-electron chi connectivity index (χ2n) is 1.34. The van der Waals surface area contributed by atoms with Crippen LogP contribution in [0.4, 0.5) is 0 Å². The van der Waals surface area contributed by atoms with Crippen LogP contribution in [0.15, 0.2) is 0 Å². The molecule has 5 nitrogen and oxygen atoms in total. The second-order valence-corrected chi connectivity index (χ2v) is 1.34. The smallest absolute Gasteiger partial charge is 0.106 e. The third-order valence-corrected chi connectivity index (χ3v) is 0. The largest absolute Gasteiger partial charge is 0.312 e. The van der Waals surface area contributed by atoms with Gasteiger partial charge in [0.2, 0.25) is 0 Å². The van der Waals surface area contributed by atoms with Crippen LogP contribution in [-0.2, 0) is 36.2 Å². The van der Waals surface area contributed by atoms with E-state index < -0.39 is 0 Å². The van der Waals surface area contributed by atoms with Gasteiger partial charge in [-0.15, -0.1) is 0 Å². The molecule has 0 aliphatic carbocycles. The molecule has 0 saturated heterocycles. The average molecular weight is 235 g/mol. The molecule has 0 unspecified atom stereocenters. The Kier molecular flexibility index (Phi) is 758. The van der Waals surface area contributed by atoms with Gasteiger partial charge in [0.05, 0.1) is 0 Å². The summed E-state index contributed by atoms with van der Waals surface area (Å²) in [6.07, 6.45) is 0. The summed E-state index contributed by atoms with van der Waals surface area (Å²) in [6, 6.07) is 0. The first-order valence-corrected chi connectivity index (χ1v) is 2.50. The molecule has 13 heavy (non-hydrogen) atoms. The quantitative estimate of drug-likeness (QED) is 0.526. The van der Waals surface area contributed by atoms with Crippen molar-refractivity contribution in [2.75, 3.05) is 21.1 Å². The molecule has 0 aromatic carbocycles. The minimum Gasteiger partial charge on any atom is -0.312 e.